The van der Waals surface area contributed by atoms with Crippen LogP contribution in [-0.2, 0) is 28.7 Å². The van der Waals surface area contributed by atoms with Crippen molar-refractivity contribution < 1.29 is 31.8 Å². The zero-order valence-electron chi connectivity index (χ0n) is 18.8. The van der Waals surface area contributed by atoms with Crippen molar-refractivity contribution in [1.82, 2.24) is 0 Å². The van der Waals surface area contributed by atoms with Gasteiger partial charge in [0.15, 0.2) is 0 Å². The molecule has 3 aromatic rings. The Balaban J connectivity index is 1.88. The summed E-state index contributed by atoms with van der Waals surface area (Å²) in [5.41, 5.74) is 2.57. The molecule has 182 valence electrons. The monoisotopic (exact) mass is 514 g/mol. The van der Waals surface area contributed by atoms with E-state index in [9.17, 15) is 22.4 Å². The highest BCUT2D eigenvalue weighted by atomic mass is 35.5. The Bertz CT molecular complexity index is 1190. The maximum absolute atomic E-state index is 14.5. The normalized spacial score (nSPS) is 11.5. The lowest BCUT2D eigenvalue weighted by molar-refractivity contribution is -0.143. The minimum absolute atomic E-state index is 0.0250. The molecule has 9 heteroatoms. The number of carbonyl (C=O) groups excluding carboxylic acids is 1. The molecule has 0 spiro atoms. The summed E-state index contributed by atoms with van der Waals surface area (Å²) in [4.78, 5) is 10.8. The highest BCUT2D eigenvalue weighted by molar-refractivity contribution is 7.10. The van der Waals surface area contributed by atoms with Gasteiger partial charge in [0.1, 0.15) is 23.1 Å². The van der Waals surface area contributed by atoms with Gasteiger partial charge in [-0.15, -0.1) is 11.3 Å². The second kappa shape index (κ2) is 10.8. The predicted molar refractivity (Wildman–Crippen MR) is 125 cm³/mol. The van der Waals surface area contributed by atoms with Crippen LogP contribution in [0.25, 0.3) is 11.1 Å². The molecule has 0 aliphatic rings. The predicted octanol–water partition coefficient (Wildman–Crippen LogP) is 7.92. The van der Waals surface area contributed by atoms with E-state index in [2.05, 4.69) is 0 Å². The fraction of sp³-hybridized carbons (Fsp3) is 0.320. The number of hydrogen-bond donors (Lipinski definition) is 0. The number of alkyl halides is 3. The molecule has 3 nitrogen and oxygen atoms in total. The van der Waals surface area contributed by atoms with Gasteiger partial charge < -0.3 is 9.47 Å². The van der Waals surface area contributed by atoms with Crippen molar-refractivity contribution >= 4 is 28.9 Å². The molecular weight excluding hydrogens is 492 g/mol. The van der Waals surface area contributed by atoms with E-state index in [-0.39, 0.29) is 34.1 Å². The molecule has 0 saturated carbocycles. The number of thiophene rings is 1. The molecular formula is C25H23ClF4O3S. The number of aryl methyl sites for hydroxylation is 1. The van der Waals surface area contributed by atoms with Crippen molar-refractivity contribution in [2.24, 2.45) is 0 Å². The average Bonchev–Trinajstić information content (AvgIpc) is 3.18. The van der Waals surface area contributed by atoms with Gasteiger partial charge in [0, 0.05) is 28.1 Å². The third kappa shape index (κ3) is 5.91. The Morgan fingerprint density at radius 2 is 1.82 bits per heavy atom. The Morgan fingerprint density at radius 3 is 2.47 bits per heavy atom. The van der Waals surface area contributed by atoms with Crippen LogP contribution in [0.5, 0.6) is 5.75 Å². The highest BCUT2D eigenvalue weighted by Gasteiger charge is 2.37. The summed E-state index contributed by atoms with van der Waals surface area (Å²) in [5, 5.41) is 1.43. The van der Waals surface area contributed by atoms with Crippen LogP contribution in [-0.4, -0.2) is 12.6 Å². The maximum atomic E-state index is 14.5. The second-order valence-electron chi connectivity index (χ2n) is 7.65. The molecule has 0 bridgehead atoms. The van der Waals surface area contributed by atoms with Gasteiger partial charge >= 0.3 is 12.1 Å². The number of carbonyl (C=O) groups is 1. The quantitative estimate of drug-likeness (QED) is 0.226. The van der Waals surface area contributed by atoms with Crippen LogP contribution in [0.1, 0.15) is 40.5 Å². The molecule has 0 aliphatic carbocycles. The van der Waals surface area contributed by atoms with Crippen molar-refractivity contribution in [3.05, 3.63) is 73.7 Å². The Kier molecular flexibility index (Phi) is 8.25. The van der Waals surface area contributed by atoms with E-state index in [1.54, 1.807) is 26.0 Å². The smallest absolute Gasteiger partial charge is 0.426 e. The fourth-order valence-corrected chi connectivity index (χ4v) is 4.70. The SMILES string of the molecule is CCOC(=O)CCc1ccc(OCc2c(-c3ccc(Cl)cc3F)csc2C(F)(F)F)c(C)c1C. The van der Waals surface area contributed by atoms with Crippen molar-refractivity contribution in [2.45, 2.75) is 46.4 Å². The van der Waals surface area contributed by atoms with Gasteiger partial charge in [0.2, 0.25) is 0 Å². The van der Waals surface area contributed by atoms with E-state index in [1.165, 1.54) is 17.5 Å². The number of rotatable bonds is 8. The van der Waals surface area contributed by atoms with Gasteiger partial charge in [-0.25, -0.2) is 4.39 Å². The highest BCUT2D eigenvalue weighted by Crippen LogP contribution is 2.43. The van der Waals surface area contributed by atoms with Crippen LogP contribution in [0.15, 0.2) is 35.7 Å². The Hall–Kier alpha value is -2.58. The van der Waals surface area contributed by atoms with Crippen LogP contribution >= 0.6 is 22.9 Å². The minimum atomic E-state index is -4.60. The second-order valence-corrected chi connectivity index (χ2v) is 8.96. The van der Waals surface area contributed by atoms with Crippen molar-refractivity contribution in [3.63, 3.8) is 0 Å². The first-order valence-electron chi connectivity index (χ1n) is 10.5. The molecule has 2 aromatic carbocycles. The lowest BCUT2D eigenvalue weighted by atomic mass is 9.98. The molecule has 0 radical (unpaired) electrons. The largest absolute Gasteiger partial charge is 0.489 e. The van der Waals surface area contributed by atoms with Crippen molar-refractivity contribution in [2.75, 3.05) is 6.61 Å². The lowest BCUT2D eigenvalue weighted by Gasteiger charge is -2.16. The molecule has 3 rings (SSSR count). The van der Waals surface area contributed by atoms with Gasteiger partial charge in [-0.05, 0) is 73.5 Å². The molecule has 1 heterocycles. The molecule has 34 heavy (non-hydrogen) atoms. The summed E-state index contributed by atoms with van der Waals surface area (Å²) < 4.78 is 66.3. The molecule has 0 unspecified atom stereocenters. The van der Waals surface area contributed by atoms with Gasteiger partial charge in [0.05, 0.1) is 6.61 Å². The first-order chi connectivity index (χ1) is 16.0. The van der Waals surface area contributed by atoms with Crippen LogP contribution in [0.2, 0.25) is 5.02 Å². The van der Waals surface area contributed by atoms with Crippen LogP contribution in [0, 0.1) is 19.7 Å². The first-order valence-corrected chi connectivity index (χ1v) is 11.8. The van der Waals surface area contributed by atoms with E-state index in [4.69, 9.17) is 21.1 Å². The summed E-state index contributed by atoms with van der Waals surface area (Å²) in [5.74, 6) is -0.587. The fourth-order valence-electron chi connectivity index (χ4n) is 3.60. The Morgan fingerprint density at radius 1 is 1.09 bits per heavy atom. The molecule has 0 N–H and O–H groups in total. The third-order valence-corrected chi connectivity index (χ3v) is 6.80. The van der Waals surface area contributed by atoms with E-state index < -0.39 is 23.5 Å². The topological polar surface area (TPSA) is 35.5 Å². The van der Waals surface area contributed by atoms with Crippen LogP contribution < -0.4 is 4.74 Å². The molecule has 1 aromatic heterocycles. The third-order valence-electron chi connectivity index (χ3n) is 5.50. The van der Waals surface area contributed by atoms with Crippen LogP contribution in [0.4, 0.5) is 17.6 Å². The molecule has 0 fully saturated rings. The first kappa shape index (κ1) is 26.0. The van der Waals surface area contributed by atoms with E-state index in [0.717, 1.165) is 22.8 Å². The van der Waals surface area contributed by atoms with E-state index in [0.29, 0.717) is 30.1 Å². The van der Waals surface area contributed by atoms with Gasteiger partial charge in [-0.2, -0.15) is 13.2 Å². The maximum Gasteiger partial charge on any atom is 0.426 e. The van der Waals surface area contributed by atoms with E-state index >= 15 is 0 Å². The van der Waals surface area contributed by atoms with Gasteiger partial charge in [-0.3, -0.25) is 4.79 Å². The molecule has 0 aliphatic heterocycles. The molecule has 0 saturated heterocycles. The standard InChI is InChI=1S/C25H23ClF4O3S/c1-4-32-23(31)10-6-16-5-9-22(15(3)14(16)2)33-12-19-20(13-34-24(19)25(28,29)30)18-8-7-17(26)11-21(18)27/h5,7-9,11,13H,4,6,10,12H2,1-3H3. The Labute approximate surface area is 204 Å². The van der Waals surface area contributed by atoms with Crippen molar-refractivity contribution in [1.29, 1.82) is 0 Å². The summed E-state index contributed by atoms with van der Waals surface area (Å²) in [6.07, 6.45) is -3.89. The minimum Gasteiger partial charge on any atom is -0.489 e. The number of esters is 1. The van der Waals surface area contributed by atoms with E-state index in [1.807, 2.05) is 6.92 Å². The number of hydrogen-bond acceptors (Lipinski definition) is 4. The number of benzene rings is 2. The molecule has 0 atom stereocenters. The van der Waals surface area contributed by atoms with Crippen LogP contribution in [0.3, 0.4) is 0 Å². The summed E-state index contributed by atoms with van der Waals surface area (Å²) >= 11 is 6.30. The number of halogens is 5. The summed E-state index contributed by atoms with van der Waals surface area (Å²) in [6.45, 7) is 5.33. The summed E-state index contributed by atoms with van der Waals surface area (Å²) in [6, 6.07) is 7.31. The summed E-state index contributed by atoms with van der Waals surface area (Å²) in [7, 11) is 0. The zero-order chi connectivity index (χ0) is 25.0. The number of ether oxygens (including phenoxy) is 2. The lowest BCUT2D eigenvalue weighted by Crippen LogP contribution is -2.09. The van der Waals surface area contributed by atoms with Crippen molar-refractivity contribution in [3.8, 4) is 16.9 Å². The zero-order valence-corrected chi connectivity index (χ0v) is 20.4. The van der Waals surface area contributed by atoms with Gasteiger partial charge in [-0.1, -0.05) is 17.7 Å². The average molecular weight is 515 g/mol. The molecule has 0 amide bonds. The van der Waals surface area contributed by atoms with Gasteiger partial charge in [0.25, 0.3) is 0 Å².